The fourth-order valence-electron chi connectivity index (χ4n) is 2.15. The molecular formula is C16H11ClN2O. The summed E-state index contributed by atoms with van der Waals surface area (Å²) in [5.74, 6) is -0.0908. The topological polar surface area (TPSA) is 56.0 Å². The normalized spacial score (nSPS) is 10.7. The van der Waals surface area contributed by atoms with Crippen LogP contribution in [0.4, 0.5) is 5.69 Å². The van der Waals surface area contributed by atoms with Gasteiger partial charge in [0.05, 0.1) is 10.7 Å². The van der Waals surface area contributed by atoms with Crippen molar-refractivity contribution in [3.63, 3.8) is 0 Å². The molecule has 0 radical (unpaired) electrons. The summed E-state index contributed by atoms with van der Waals surface area (Å²) in [7, 11) is 0. The van der Waals surface area contributed by atoms with Crippen LogP contribution in [0.2, 0.25) is 5.02 Å². The first-order valence-corrected chi connectivity index (χ1v) is 6.47. The third kappa shape index (κ3) is 2.12. The van der Waals surface area contributed by atoms with Crippen LogP contribution >= 0.6 is 11.6 Å². The number of nitrogens with zero attached hydrogens (tertiary/aromatic N) is 1. The number of carbonyl (C=O) groups excluding carboxylic acids is 1. The van der Waals surface area contributed by atoms with Gasteiger partial charge in [-0.05, 0) is 29.7 Å². The molecule has 0 fully saturated rings. The number of carbonyl (C=O) groups is 1. The molecule has 0 saturated heterocycles. The first kappa shape index (κ1) is 12.6. The van der Waals surface area contributed by atoms with Crippen molar-refractivity contribution >= 4 is 33.8 Å². The van der Waals surface area contributed by atoms with Gasteiger partial charge in [0, 0.05) is 28.9 Å². The maximum Gasteiger partial charge on any atom is 0.193 e. The second kappa shape index (κ2) is 4.94. The van der Waals surface area contributed by atoms with Crippen molar-refractivity contribution in [3.8, 4) is 0 Å². The van der Waals surface area contributed by atoms with Gasteiger partial charge >= 0.3 is 0 Å². The van der Waals surface area contributed by atoms with Crippen molar-refractivity contribution in [2.45, 2.75) is 0 Å². The largest absolute Gasteiger partial charge is 0.398 e. The predicted molar refractivity (Wildman–Crippen MR) is 81.0 cm³/mol. The molecule has 2 aromatic carbocycles. The van der Waals surface area contributed by atoms with Gasteiger partial charge < -0.3 is 5.73 Å². The summed E-state index contributed by atoms with van der Waals surface area (Å²) in [5.41, 5.74) is 7.28. The van der Waals surface area contributed by atoms with E-state index in [-0.39, 0.29) is 5.78 Å². The van der Waals surface area contributed by atoms with Crippen molar-refractivity contribution in [1.29, 1.82) is 0 Å². The van der Waals surface area contributed by atoms with Crippen LogP contribution in [0.5, 0.6) is 0 Å². The Bertz CT molecular complexity index is 809. The zero-order chi connectivity index (χ0) is 14.1. The van der Waals surface area contributed by atoms with E-state index in [0.29, 0.717) is 21.8 Å². The van der Waals surface area contributed by atoms with Gasteiger partial charge in [-0.3, -0.25) is 9.78 Å². The molecule has 0 aliphatic heterocycles. The predicted octanol–water partition coefficient (Wildman–Crippen LogP) is 3.70. The summed E-state index contributed by atoms with van der Waals surface area (Å²) in [5, 5.41) is 2.25. The highest BCUT2D eigenvalue weighted by Crippen LogP contribution is 2.24. The van der Waals surface area contributed by atoms with E-state index in [4.69, 9.17) is 17.3 Å². The van der Waals surface area contributed by atoms with Crippen molar-refractivity contribution in [2.75, 3.05) is 5.73 Å². The molecule has 0 spiro atoms. The van der Waals surface area contributed by atoms with Gasteiger partial charge in [0.2, 0.25) is 0 Å². The number of nitrogen functional groups attached to an aromatic ring is 1. The second-order valence-electron chi connectivity index (χ2n) is 4.47. The number of aromatic nitrogens is 1. The molecule has 0 bridgehead atoms. The minimum absolute atomic E-state index is 0.0908. The van der Waals surface area contributed by atoms with Gasteiger partial charge in [0.15, 0.2) is 5.78 Å². The molecule has 3 nitrogen and oxygen atoms in total. The number of fused-ring (bicyclic) bond motifs is 1. The van der Waals surface area contributed by atoms with Crippen LogP contribution < -0.4 is 5.73 Å². The van der Waals surface area contributed by atoms with Crippen LogP contribution in [0.15, 0.2) is 54.9 Å². The number of halogens is 1. The molecule has 1 heterocycles. The van der Waals surface area contributed by atoms with Gasteiger partial charge in [0.25, 0.3) is 0 Å². The highest BCUT2D eigenvalue weighted by molar-refractivity contribution is 6.33. The summed E-state index contributed by atoms with van der Waals surface area (Å²) >= 11 is 5.88. The fourth-order valence-corrected chi connectivity index (χ4v) is 2.27. The van der Waals surface area contributed by atoms with Crippen LogP contribution in [0.1, 0.15) is 15.9 Å². The Hall–Kier alpha value is -2.39. The van der Waals surface area contributed by atoms with Gasteiger partial charge in [0.1, 0.15) is 0 Å². The maximum atomic E-state index is 12.6. The zero-order valence-electron chi connectivity index (χ0n) is 10.5. The SMILES string of the molecule is Nc1cc(C(=O)c2cccc3ccncc23)ccc1Cl. The van der Waals surface area contributed by atoms with E-state index in [1.807, 2.05) is 18.2 Å². The number of pyridine rings is 1. The van der Waals surface area contributed by atoms with E-state index in [9.17, 15) is 4.79 Å². The molecule has 98 valence electrons. The molecule has 0 unspecified atom stereocenters. The average molecular weight is 283 g/mol. The lowest BCUT2D eigenvalue weighted by atomic mass is 9.98. The van der Waals surface area contributed by atoms with E-state index >= 15 is 0 Å². The lowest BCUT2D eigenvalue weighted by molar-refractivity contribution is 0.104. The van der Waals surface area contributed by atoms with Crippen LogP contribution in [-0.2, 0) is 0 Å². The molecule has 3 rings (SSSR count). The standard InChI is InChI=1S/C16H11ClN2O/c17-14-5-4-11(8-15(14)18)16(20)12-3-1-2-10-6-7-19-9-13(10)12/h1-9H,18H2. The molecule has 2 N–H and O–H groups in total. The number of hydrogen-bond acceptors (Lipinski definition) is 3. The average Bonchev–Trinajstić information content (AvgIpc) is 2.49. The Labute approximate surface area is 121 Å². The van der Waals surface area contributed by atoms with E-state index in [2.05, 4.69) is 4.98 Å². The number of benzene rings is 2. The molecule has 0 aliphatic rings. The van der Waals surface area contributed by atoms with Crippen molar-refractivity contribution < 1.29 is 4.79 Å². The highest BCUT2D eigenvalue weighted by atomic mass is 35.5. The Morgan fingerprint density at radius 2 is 2.00 bits per heavy atom. The van der Waals surface area contributed by atoms with Gasteiger partial charge in [-0.15, -0.1) is 0 Å². The van der Waals surface area contributed by atoms with E-state index in [1.165, 1.54) is 0 Å². The molecular weight excluding hydrogens is 272 g/mol. The molecule has 0 saturated carbocycles. The summed E-state index contributed by atoms with van der Waals surface area (Å²) in [6.07, 6.45) is 3.40. The van der Waals surface area contributed by atoms with Crippen molar-refractivity contribution in [2.24, 2.45) is 0 Å². The minimum atomic E-state index is -0.0908. The maximum absolute atomic E-state index is 12.6. The summed E-state index contributed by atoms with van der Waals surface area (Å²) < 4.78 is 0. The van der Waals surface area contributed by atoms with E-state index in [1.54, 1.807) is 36.7 Å². The molecule has 3 aromatic rings. The number of hydrogen-bond donors (Lipinski definition) is 1. The smallest absolute Gasteiger partial charge is 0.193 e. The van der Waals surface area contributed by atoms with Gasteiger partial charge in [-0.2, -0.15) is 0 Å². The van der Waals surface area contributed by atoms with Gasteiger partial charge in [-0.25, -0.2) is 0 Å². The molecule has 20 heavy (non-hydrogen) atoms. The summed E-state index contributed by atoms with van der Waals surface area (Å²) in [4.78, 5) is 16.7. The number of ketones is 1. The van der Waals surface area contributed by atoms with Crippen LogP contribution in [0.3, 0.4) is 0 Å². The lowest BCUT2D eigenvalue weighted by Crippen LogP contribution is -2.03. The zero-order valence-corrected chi connectivity index (χ0v) is 11.3. The Balaban J connectivity index is 2.15. The number of rotatable bonds is 2. The van der Waals surface area contributed by atoms with E-state index in [0.717, 1.165) is 10.8 Å². The molecule has 4 heteroatoms. The molecule has 0 amide bonds. The van der Waals surface area contributed by atoms with Crippen LogP contribution in [-0.4, -0.2) is 10.8 Å². The van der Waals surface area contributed by atoms with E-state index < -0.39 is 0 Å². The lowest BCUT2D eigenvalue weighted by Gasteiger charge is -2.06. The number of anilines is 1. The Morgan fingerprint density at radius 3 is 2.80 bits per heavy atom. The van der Waals surface area contributed by atoms with Crippen molar-refractivity contribution in [1.82, 2.24) is 4.98 Å². The number of nitrogens with two attached hydrogens (primary N) is 1. The first-order chi connectivity index (χ1) is 9.66. The quantitative estimate of drug-likeness (QED) is 0.576. The van der Waals surface area contributed by atoms with Crippen LogP contribution in [0.25, 0.3) is 10.8 Å². The minimum Gasteiger partial charge on any atom is -0.398 e. The Morgan fingerprint density at radius 1 is 1.15 bits per heavy atom. The molecule has 0 atom stereocenters. The Kier molecular flexibility index (Phi) is 3.12. The van der Waals surface area contributed by atoms with Crippen LogP contribution in [0, 0.1) is 0 Å². The van der Waals surface area contributed by atoms with Gasteiger partial charge in [-0.1, -0.05) is 29.8 Å². The third-order valence-electron chi connectivity index (χ3n) is 3.19. The monoisotopic (exact) mass is 282 g/mol. The summed E-state index contributed by atoms with van der Waals surface area (Å²) in [6, 6.07) is 12.4. The molecule has 1 aromatic heterocycles. The third-order valence-corrected chi connectivity index (χ3v) is 3.53. The fraction of sp³-hybridized carbons (Fsp3) is 0. The van der Waals surface area contributed by atoms with Crippen molar-refractivity contribution in [3.05, 3.63) is 71.0 Å². The first-order valence-electron chi connectivity index (χ1n) is 6.09. The summed E-state index contributed by atoms with van der Waals surface area (Å²) in [6.45, 7) is 0. The second-order valence-corrected chi connectivity index (χ2v) is 4.88. The molecule has 0 aliphatic carbocycles. The highest BCUT2D eigenvalue weighted by Gasteiger charge is 2.13.